The molecule has 1 aliphatic heterocycles. The van der Waals surface area contributed by atoms with Gasteiger partial charge in [0.25, 0.3) is 5.69 Å². The molecule has 2 rings (SSSR count). The normalized spacial score (nSPS) is 20.9. The van der Waals surface area contributed by atoms with Crippen LogP contribution in [0.5, 0.6) is 0 Å². The fourth-order valence-corrected chi connectivity index (χ4v) is 2.26. The molecule has 0 aliphatic carbocycles. The Hall–Kier alpha value is -1.25. The van der Waals surface area contributed by atoms with Crippen LogP contribution in [-0.2, 0) is 9.47 Å². The molecule has 6 nitrogen and oxygen atoms in total. The Balaban J connectivity index is 2.09. The highest BCUT2D eigenvalue weighted by Crippen LogP contribution is 2.31. The first-order valence-electron chi connectivity index (χ1n) is 5.97. The van der Waals surface area contributed by atoms with Crippen molar-refractivity contribution in [3.63, 3.8) is 0 Å². The standard InChI is InChI=1S/C12H14BrFN2O4/c1-12(2)19-6-7(20-12)5-15-10-3-8(13)9(14)4-11(10)16(17)18/h3-4,7,15H,5-6H2,1-2H3. The zero-order chi connectivity index (χ0) is 14.9. The summed E-state index contributed by atoms with van der Waals surface area (Å²) < 4.78 is 24.5. The third-order valence-electron chi connectivity index (χ3n) is 2.82. The molecule has 0 aromatic heterocycles. The van der Waals surface area contributed by atoms with Crippen molar-refractivity contribution in [2.45, 2.75) is 25.7 Å². The molecular weight excluding hydrogens is 335 g/mol. The van der Waals surface area contributed by atoms with Crippen LogP contribution in [0, 0.1) is 15.9 Å². The molecule has 1 saturated heterocycles. The maximum absolute atomic E-state index is 13.3. The molecule has 0 amide bonds. The molecule has 0 bridgehead atoms. The molecule has 1 aromatic rings. The molecule has 0 saturated carbocycles. The molecule has 110 valence electrons. The van der Waals surface area contributed by atoms with Crippen molar-refractivity contribution in [2.24, 2.45) is 0 Å². The average Bonchev–Trinajstić information content (AvgIpc) is 2.69. The third-order valence-corrected chi connectivity index (χ3v) is 3.43. The van der Waals surface area contributed by atoms with Crippen molar-refractivity contribution in [3.05, 3.63) is 32.5 Å². The molecule has 20 heavy (non-hydrogen) atoms. The Morgan fingerprint density at radius 3 is 2.85 bits per heavy atom. The van der Waals surface area contributed by atoms with E-state index in [1.807, 2.05) is 0 Å². The van der Waals surface area contributed by atoms with Gasteiger partial charge >= 0.3 is 0 Å². The molecule has 1 aliphatic rings. The first kappa shape index (κ1) is 15.1. The fraction of sp³-hybridized carbons (Fsp3) is 0.500. The maximum atomic E-state index is 13.3. The van der Waals surface area contributed by atoms with Crippen LogP contribution in [0.15, 0.2) is 16.6 Å². The minimum atomic E-state index is -0.677. The highest BCUT2D eigenvalue weighted by Gasteiger charge is 2.32. The molecule has 1 N–H and O–H groups in total. The Morgan fingerprint density at radius 1 is 1.60 bits per heavy atom. The van der Waals surface area contributed by atoms with Gasteiger partial charge in [-0.2, -0.15) is 0 Å². The van der Waals surface area contributed by atoms with Crippen LogP contribution in [0.3, 0.4) is 0 Å². The van der Waals surface area contributed by atoms with E-state index in [2.05, 4.69) is 21.2 Å². The summed E-state index contributed by atoms with van der Waals surface area (Å²) in [6.45, 7) is 4.33. The highest BCUT2D eigenvalue weighted by atomic mass is 79.9. The van der Waals surface area contributed by atoms with Gasteiger partial charge in [0.05, 0.1) is 22.1 Å². The van der Waals surface area contributed by atoms with Gasteiger partial charge in [-0.15, -0.1) is 0 Å². The number of ether oxygens (including phenoxy) is 2. The summed E-state index contributed by atoms with van der Waals surface area (Å²) in [5.74, 6) is -1.33. The summed E-state index contributed by atoms with van der Waals surface area (Å²) in [6.07, 6.45) is -0.214. The second-order valence-corrected chi connectivity index (χ2v) is 5.73. The number of hydrogen-bond donors (Lipinski definition) is 1. The Kier molecular flexibility index (Phi) is 4.26. The molecule has 0 spiro atoms. The number of anilines is 1. The zero-order valence-electron chi connectivity index (χ0n) is 11.0. The number of nitrogens with zero attached hydrogens (tertiary/aromatic N) is 1. The second kappa shape index (κ2) is 5.63. The van der Waals surface area contributed by atoms with Gasteiger partial charge in [0.2, 0.25) is 0 Å². The number of nitrogens with one attached hydrogen (secondary N) is 1. The number of hydrogen-bond acceptors (Lipinski definition) is 5. The lowest BCUT2D eigenvalue weighted by Gasteiger charge is -2.17. The number of nitro benzene ring substituents is 1. The van der Waals surface area contributed by atoms with E-state index < -0.39 is 16.5 Å². The quantitative estimate of drug-likeness (QED) is 0.668. The van der Waals surface area contributed by atoms with Crippen molar-refractivity contribution >= 4 is 27.3 Å². The van der Waals surface area contributed by atoms with Crippen molar-refractivity contribution in [1.82, 2.24) is 0 Å². The largest absolute Gasteiger partial charge is 0.377 e. The SMILES string of the molecule is CC1(C)OCC(CNc2cc(Br)c(F)cc2[N+](=O)[O-])O1. The smallest absolute Gasteiger partial charge is 0.295 e. The van der Waals surface area contributed by atoms with Crippen molar-refractivity contribution < 1.29 is 18.8 Å². The molecule has 1 unspecified atom stereocenters. The first-order chi connectivity index (χ1) is 9.28. The molecule has 8 heteroatoms. The van der Waals surface area contributed by atoms with E-state index in [-0.39, 0.29) is 22.0 Å². The van der Waals surface area contributed by atoms with Crippen LogP contribution in [0.4, 0.5) is 15.8 Å². The molecule has 1 fully saturated rings. The molecule has 1 heterocycles. The summed E-state index contributed by atoms with van der Waals surface area (Å²) in [5.41, 5.74) is -0.0829. The second-order valence-electron chi connectivity index (χ2n) is 4.87. The van der Waals surface area contributed by atoms with E-state index in [1.54, 1.807) is 13.8 Å². The zero-order valence-corrected chi connectivity index (χ0v) is 12.6. The van der Waals surface area contributed by atoms with Gasteiger partial charge in [0.15, 0.2) is 5.79 Å². The Labute approximate surface area is 123 Å². The molecule has 0 radical (unpaired) electrons. The van der Waals surface area contributed by atoms with Crippen LogP contribution in [0.2, 0.25) is 0 Å². The van der Waals surface area contributed by atoms with E-state index >= 15 is 0 Å². The van der Waals surface area contributed by atoms with Crippen molar-refractivity contribution in [1.29, 1.82) is 0 Å². The van der Waals surface area contributed by atoms with Gasteiger partial charge in [-0.05, 0) is 35.8 Å². The van der Waals surface area contributed by atoms with Crippen LogP contribution < -0.4 is 5.32 Å². The first-order valence-corrected chi connectivity index (χ1v) is 6.77. The van der Waals surface area contributed by atoms with Crippen LogP contribution in [0.25, 0.3) is 0 Å². The fourth-order valence-electron chi connectivity index (χ4n) is 1.92. The summed E-state index contributed by atoms with van der Waals surface area (Å²) >= 11 is 3.01. The van der Waals surface area contributed by atoms with Crippen LogP contribution >= 0.6 is 15.9 Å². The van der Waals surface area contributed by atoms with Gasteiger partial charge in [0.1, 0.15) is 17.6 Å². The number of benzene rings is 1. The average molecular weight is 349 g/mol. The summed E-state index contributed by atoms with van der Waals surface area (Å²) in [6, 6.07) is 2.22. The number of rotatable bonds is 4. The minimum Gasteiger partial charge on any atom is -0.377 e. The van der Waals surface area contributed by atoms with Gasteiger partial charge in [-0.25, -0.2) is 4.39 Å². The maximum Gasteiger partial charge on any atom is 0.295 e. The predicted octanol–water partition coefficient (Wildman–Crippen LogP) is 3.06. The molecule has 1 aromatic carbocycles. The summed E-state index contributed by atoms with van der Waals surface area (Å²) in [5, 5.41) is 13.8. The van der Waals surface area contributed by atoms with Crippen molar-refractivity contribution in [3.8, 4) is 0 Å². The van der Waals surface area contributed by atoms with Gasteiger partial charge in [-0.3, -0.25) is 10.1 Å². The monoisotopic (exact) mass is 348 g/mol. The minimum absolute atomic E-state index is 0.162. The third kappa shape index (κ3) is 3.44. The van der Waals surface area contributed by atoms with E-state index in [1.165, 1.54) is 6.07 Å². The van der Waals surface area contributed by atoms with Gasteiger partial charge in [-0.1, -0.05) is 0 Å². The van der Waals surface area contributed by atoms with Crippen molar-refractivity contribution in [2.75, 3.05) is 18.5 Å². The molecule has 1 atom stereocenters. The van der Waals surface area contributed by atoms with Gasteiger partial charge < -0.3 is 14.8 Å². The van der Waals surface area contributed by atoms with Crippen LogP contribution in [0.1, 0.15) is 13.8 Å². The van der Waals surface area contributed by atoms with E-state index in [0.29, 0.717) is 13.2 Å². The van der Waals surface area contributed by atoms with E-state index in [4.69, 9.17) is 9.47 Å². The predicted molar refractivity (Wildman–Crippen MR) is 74.1 cm³/mol. The highest BCUT2D eigenvalue weighted by molar-refractivity contribution is 9.10. The lowest BCUT2D eigenvalue weighted by molar-refractivity contribution is -0.384. The molecular formula is C12H14BrFN2O4. The van der Waals surface area contributed by atoms with E-state index in [0.717, 1.165) is 6.07 Å². The summed E-state index contributed by atoms with van der Waals surface area (Å²) in [4.78, 5) is 10.3. The number of halogens is 2. The van der Waals surface area contributed by atoms with Crippen LogP contribution in [-0.4, -0.2) is 30.0 Å². The van der Waals surface area contributed by atoms with E-state index in [9.17, 15) is 14.5 Å². The lowest BCUT2D eigenvalue weighted by atomic mass is 10.2. The Morgan fingerprint density at radius 2 is 2.30 bits per heavy atom. The topological polar surface area (TPSA) is 73.6 Å². The lowest BCUT2D eigenvalue weighted by Crippen LogP contribution is -2.26. The van der Waals surface area contributed by atoms with Gasteiger partial charge in [0, 0.05) is 6.54 Å². The Bertz CT molecular complexity index is 538. The number of nitro groups is 1. The summed E-state index contributed by atoms with van der Waals surface area (Å²) in [7, 11) is 0.